The molecule has 1 aliphatic heterocycles. The summed E-state index contributed by atoms with van der Waals surface area (Å²) in [6, 6.07) is 9.51. The van der Waals surface area contributed by atoms with Crippen LogP contribution in [0.2, 0.25) is 0 Å². The van der Waals surface area contributed by atoms with Crippen molar-refractivity contribution in [2.45, 2.75) is 0 Å². The smallest absolute Gasteiger partial charge is 0.276 e. The molecule has 0 fully saturated rings. The maximum atomic E-state index is 12.0. The second kappa shape index (κ2) is 5.62. The molecule has 0 bridgehead atoms. The van der Waals surface area contributed by atoms with Gasteiger partial charge in [-0.3, -0.25) is 15.1 Å². The third-order valence-corrected chi connectivity index (χ3v) is 4.07. The number of anilines is 1. The van der Waals surface area contributed by atoms with Crippen LogP contribution in [-0.4, -0.2) is 21.8 Å². The summed E-state index contributed by atoms with van der Waals surface area (Å²) in [5.74, 6) is 0.161. The predicted molar refractivity (Wildman–Crippen MR) is 91.0 cm³/mol. The second-order valence-corrected chi connectivity index (χ2v) is 5.78. The number of pyridine rings is 1. The number of guanidine groups is 1. The summed E-state index contributed by atoms with van der Waals surface area (Å²) in [7, 11) is 0. The van der Waals surface area contributed by atoms with Crippen molar-refractivity contribution in [3.05, 3.63) is 59.5 Å². The molecule has 1 amide bonds. The van der Waals surface area contributed by atoms with Gasteiger partial charge in [-0.1, -0.05) is 6.07 Å². The van der Waals surface area contributed by atoms with Gasteiger partial charge in [0.1, 0.15) is 5.70 Å². The molecule has 1 aromatic carbocycles. The molecule has 1 aliphatic rings. The van der Waals surface area contributed by atoms with E-state index in [4.69, 9.17) is 0 Å². The van der Waals surface area contributed by atoms with Crippen molar-refractivity contribution in [2.75, 3.05) is 5.32 Å². The SMILES string of the molecule is O=C1NC(Nc2cccnc2)=N/C1=C\c1ccc2ncsc2c1. The number of aromatic nitrogens is 2. The molecular formula is C16H11N5OS. The van der Waals surface area contributed by atoms with Crippen LogP contribution < -0.4 is 10.6 Å². The Morgan fingerprint density at radius 3 is 3.09 bits per heavy atom. The van der Waals surface area contributed by atoms with Gasteiger partial charge >= 0.3 is 0 Å². The Bertz CT molecular complexity index is 945. The van der Waals surface area contributed by atoms with E-state index in [1.54, 1.807) is 41.4 Å². The fourth-order valence-corrected chi connectivity index (χ4v) is 2.95. The normalized spacial score (nSPS) is 15.7. The number of thiazole rings is 1. The van der Waals surface area contributed by atoms with Crippen LogP contribution in [-0.2, 0) is 4.79 Å². The first-order chi connectivity index (χ1) is 11.3. The number of nitrogens with zero attached hydrogens (tertiary/aromatic N) is 3. The maximum absolute atomic E-state index is 12.0. The molecule has 3 heterocycles. The summed E-state index contributed by atoms with van der Waals surface area (Å²) in [4.78, 5) is 24.6. The lowest BCUT2D eigenvalue weighted by Crippen LogP contribution is -2.29. The van der Waals surface area contributed by atoms with Crippen LogP contribution in [0.4, 0.5) is 5.69 Å². The monoisotopic (exact) mass is 321 g/mol. The number of carbonyl (C=O) groups excluding carboxylic acids is 1. The first-order valence-electron chi connectivity index (χ1n) is 6.90. The number of benzene rings is 1. The van der Waals surface area contributed by atoms with Crippen LogP contribution >= 0.6 is 11.3 Å². The van der Waals surface area contributed by atoms with Gasteiger partial charge in [0, 0.05) is 6.20 Å². The van der Waals surface area contributed by atoms with Gasteiger partial charge in [0.2, 0.25) is 5.96 Å². The minimum absolute atomic E-state index is 0.235. The fraction of sp³-hybridized carbons (Fsp3) is 0. The van der Waals surface area contributed by atoms with Crippen molar-refractivity contribution < 1.29 is 4.79 Å². The lowest BCUT2D eigenvalue weighted by atomic mass is 10.2. The third-order valence-electron chi connectivity index (χ3n) is 3.28. The highest BCUT2D eigenvalue weighted by Crippen LogP contribution is 2.21. The van der Waals surface area contributed by atoms with E-state index in [2.05, 4.69) is 25.6 Å². The zero-order valence-electron chi connectivity index (χ0n) is 11.9. The van der Waals surface area contributed by atoms with E-state index in [1.807, 2.05) is 24.3 Å². The van der Waals surface area contributed by atoms with Crippen LogP contribution in [0.5, 0.6) is 0 Å². The van der Waals surface area contributed by atoms with Gasteiger partial charge in [0.15, 0.2) is 0 Å². The number of nitrogens with one attached hydrogen (secondary N) is 2. The van der Waals surface area contributed by atoms with Gasteiger partial charge in [-0.2, -0.15) is 0 Å². The molecule has 112 valence electrons. The van der Waals surface area contributed by atoms with Gasteiger partial charge in [-0.15, -0.1) is 11.3 Å². The summed E-state index contributed by atoms with van der Waals surface area (Å²) in [5, 5.41) is 5.72. The quantitative estimate of drug-likeness (QED) is 0.711. The van der Waals surface area contributed by atoms with Crippen molar-refractivity contribution in [2.24, 2.45) is 4.99 Å². The lowest BCUT2D eigenvalue weighted by molar-refractivity contribution is -0.115. The van der Waals surface area contributed by atoms with Gasteiger partial charge in [0.25, 0.3) is 5.91 Å². The van der Waals surface area contributed by atoms with Crippen molar-refractivity contribution in [1.82, 2.24) is 15.3 Å². The number of hydrogen-bond donors (Lipinski definition) is 2. The number of fused-ring (bicyclic) bond motifs is 1. The summed E-state index contributed by atoms with van der Waals surface area (Å²) in [6.07, 6.45) is 5.10. The van der Waals surface area contributed by atoms with E-state index in [0.29, 0.717) is 11.7 Å². The summed E-state index contributed by atoms with van der Waals surface area (Å²) in [5.41, 5.74) is 4.80. The summed E-state index contributed by atoms with van der Waals surface area (Å²) < 4.78 is 1.08. The minimum atomic E-state index is -0.235. The molecule has 0 saturated heterocycles. The molecule has 6 nitrogen and oxygen atoms in total. The number of hydrogen-bond acceptors (Lipinski definition) is 6. The third kappa shape index (κ3) is 2.82. The van der Waals surface area contributed by atoms with E-state index in [1.165, 1.54) is 0 Å². The van der Waals surface area contributed by atoms with E-state index in [-0.39, 0.29) is 5.91 Å². The number of amides is 1. The average Bonchev–Trinajstić information content (AvgIpc) is 3.15. The van der Waals surface area contributed by atoms with Crippen molar-refractivity contribution in [1.29, 1.82) is 0 Å². The first-order valence-corrected chi connectivity index (χ1v) is 7.78. The summed E-state index contributed by atoms with van der Waals surface area (Å²) >= 11 is 1.57. The molecule has 0 aliphatic carbocycles. The molecular weight excluding hydrogens is 310 g/mol. The van der Waals surface area contributed by atoms with Gasteiger partial charge in [0.05, 0.1) is 27.6 Å². The molecule has 2 aromatic heterocycles. The Hall–Kier alpha value is -3.06. The highest BCUT2D eigenvalue weighted by atomic mass is 32.1. The molecule has 0 unspecified atom stereocenters. The molecule has 0 spiro atoms. The van der Waals surface area contributed by atoms with Crippen molar-refractivity contribution in [3.63, 3.8) is 0 Å². The average molecular weight is 321 g/mol. The molecule has 4 rings (SSSR count). The van der Waals surface area contributed by atoms with Crippen LogP contribution in [0.3, 0.4) is 0 Å². The molecule has 3 aromatic rings. The van der Waals surface area contributed by atoms with Crippen LogP contribution in [0, 0.1) is 0 Å². The maximum Gasteiger partial charge on any atom is 0.276 e. The fourth-order valence-electron chi connectivity index (χ4n) is 2.22. The van der Waals surface area contributed by atoms with Gasteiger partial charge in [-0.25, -0.2) is 9.98 Å². The van der Waals surface area contributed by atoms with E-state index in [9.17, 15) is 4.79 Å². The minimum Gasteiger partial charge on any atom is -0.324 e. The number of aliphatic imine (C=N–C) groups is 1. The lowest BCUT2D eigenvalue weighted by Gasteiger charge is -2.03. The van der Waals surface area contributed by atoms with Crippen LogP contribution in [0.25, 0.3) is 16.3 Å². The Morgan fingerprint density at radius 2 is 2.22 bits per heavy atom. The zero-order chi connectivity index (χ0) is 15.6. The van der Waals surface area contributed by atoms with Crippen LogP contribution in [0.1, 0.15) is 5.56 Å². The highest BCUT2D eigenvalue weighted by Gasteiger charge is 2.20. The van der Waals surface area contributed by atoms with E-state index in [0.717, 1.165) is 21.5 Å². The number of carbonyl (C=O) groups is 1. The molecule has 0 saturated carbocycles. The topological polar surface area (TPSA) is 79.3 Å². The zero-order valence-corrected chi connectivity index (χ0v) is 12.7. The van der Waals surface area contributed by atoms with E-state index >= 15 is 0 Å². The molecule has 0 radical (unpaired) electrons. The van der Waals surface area contributed by atoms with Gasteiger partial charge < -0.3 is 5.32 Å². The Morgan fingerprint density at radius 1 is 1.26 bits per heavy atom. The molecule has 23 heavy (non-hydrogen) atoms. The van der Waals surface area contributed by atoms with Gasteiger partial charge in [-0.05, 0) is 35.9 Å². The molecule has 7 heteroatoms. The Kier molecular flexibility index (Phi) is 3.32. The molecule has 2 N–H and O–H groups in total. The number of rotatable bonds is 2. The molecule has 0 atom stereocenters. The van der Waals surface area contributed by atoms with Crippen molar-refractivity contribution in [3.8, 4) is 0 Å². The second-order valence-electron chi connectivity index (χ2n) is 4.89. The van der Waals surface area contributed by atoms with E-state index < -0.39 is 0 Å². The van der Waals surface area contributed by atoms with Crippen LogP contribution in [0.15, 0.2) is 58.9 Å². The highest BCUT2D eigenvalue weighted by molar-refractivity contribution is 7.16. The summed E-state index contributed by atoms with van der Waals surface area (Å²) in [6.45, 7) is 0. The Balaban J connectivity index is 1.61. The predicted octanol–water partition coefficient (Wildman–Crippen LogP) is 2.63. The largest absolute Gasteiger partial charge is 0.324 e. The standard InChI is InChI=1S/C16H11N5OS/c22-15-13(6-10-3-4-12-14(7-10)23-9-18-12)20-16(21-15)19-11-2-1-5-17-8-11/h1-9H,(H2,19,20,21,22)/b13-6-. The Labute approximate surface area is 135 Å². The first kappa shape index (κ1) is 13.6. The van der Waals surface area contributed by atoms with Crippen molar-refractivity contribution >= 4 is 45.2 Å².